The van der Waals surface area contributed by atoms with Gasteiger partial charge in [0.2, 0.25) is 0 Å². The number of carbonyl (C=O) groups excluding carboxylic acids is 1. The van der Waals surface area contributed by atoms with E-state index in [-0.39, 0.29) is 12.4 Å². The van der Waals surface area contributed by atoms with Crippen molar-refractivity contribution >= 4 is 39.0 Å². The van der Waals surface area contributed by atoms with E-state index in [0.717, 1.165) is 33.4 Å². The third kappa shape index (κ3) is 4.78. The number of ether oxygens (including phenoxy) is 2. The van der Waals surface area contributed by atoms with Gasteiger partial charge >= 0.3 is 0 Å². The molecule has 0 radical (unpaired) electrons. The molecule has 0 aromatic heterocycles. The average molecular weight is 591 g/mol. The Labute approximate surface area is 235 Å². The lowest BCUT2D eigenvalue weighted by molar-refractivity contribution is -0.116. The molecule has 3 aromatic rings. The zero-order valence-electron chi connectivity index (χ0n) is 20.7. The van der Waals surface area contributed by atoms with Gasteiger partial charge in [-0.05, 0) is 66.9 Å². The van der Waals surface area contributed by atoms with Crippen LogP contribution in [0.25, 0.3) is 0 Å². The summed E-state index contributed by atoms with van der Waals surface area (Å²) in [6.45, 7) is 0.194. The number of hydrogen-bond donors (Lipinski definition) is 1. The molecule has 0 saturated heterocycles. The number of nitrogens with zero attached hydrogens (tertiary/aromatic N) is 2. The zero-order valence-corrected chi connectivity index (χ0v) is 23.1. The molecule has 2 N–H and O–H groups in total. The first-order valence-corrected chi connectivity index (χ1v) is 13.4. The van der Waals surface area contributed by atoms with Crippen molar-refractivity contribution < 1.29 is 14.3 Å². The van der Waals surface area contributed by atoms with Crippen LogP contribution in [0.2, 0.25) is 5.02 Å². The van der Waals surface area contributed by atoms with Crippen molar-refractivity contribution in [1.29, 1.82) is 5.26 Å². The second-order valence-electron chi connectivity index (χ2n) is 9.08. The maximum atomic E-state index is 13.4. The van der Waals surface area contributed by atoms with Crippen molar-refractivity contribution in [2.75, 3.05) is 12.0 Å². The van der Waals surface area contributed by atoms with Crippen molar-refractivity contribution in [3.63, 3.8) is 0 Å². The van der Waals surface area contributed by atoms with Crippen LogP contribution >= 0.6 is 27.5 Å². The molecule has 0 amide bonds. The summed E-state index contributed by atoms with van der Waals surface area (Å²) in [5.41, 5.74) is 10.8. The predicted molar refractivity (Wildman–Crippen MR) is 151 cm³/mol. The molecular formula is C30H25BrClN3O3. The van der Waals surface area contributed by atoms with Gasteiger partial charge in [0, 0.05) is 33.4 Å². The number of benzene rings is 3. The van der Waals surface area contributed by atoms with Crippen molar-refractivity contribution in [2.45, 2.75) is 31.8 Å². The fraction of sp³-hybridized carbons (Fsp3) is 0.200. The molecule has 8 heteroatoms. The summed E-state index contributed by atoms with van der Waals surface area (Å²) in [6, 6.07) is 22.9. The number of ketones is 1. The maximum Gasteiger partial charge on any atom is 0.161 e. The molecule has 192 valence electrons. The van der Waals surface area contributed by atoms with Crippen molar-refractivity contribution in [3.8, 4) is 17.6 Å². The van der Waals surface area contributed by atoms with E-state index in [1.165, 1.54) is 0 Å². The van der Waals surface area contributed by atoms with Gasteiger partial charge in [-0.25, -0.2) is 0 Å². The number of carbonyl (C=O) groups is 1. The van der Waals surface area contributed by atoms with Crippen LogP contribution in [-0.2, 0) is 11.4 Å². The van der Waals surface area contributed by atoms with Gasteiger partial charge in [0.15, 0.2) is 5.78 Å². The number of methoxy groups -OCH3 is 1. The van der Waals surface area contributed by atoms with Gasteiger partial charge in [-0.2, -0.15) is 5.26 Å². The summed E-state index contributed by atoms with van der Waals surface area (Å²) in [5, 5.41) is 10.8. The van der Waals surface area contributed by atoms with Crippen LogP contribution in [0.1, 0.15) is 36.3 Å². The first-order valence-electron chi connectivity index (χ1n) is 12.2. The van der Waals surface area contributed by atoms with E-state index < -0.39 is 5.92 Å². The Bertz CT molecular complexity index is 1510. The van der Waals surface area contributed by atoms with E-state index in [2.05, 4.69) is 22.0 Å². The SMILES string of the molecule is COc1ccc(C2C(C#N)=C(N)N(c3ccc(Br)cc3)C3=C2C(=O)CCC3)cc1COc1ccccc1Cl. The van der Waals surface area contributed by atoms with E-state index in [0.29, 0.717) is 46.3 Å². The Morgan fingerprint density at radius 3 is 2.58 bits per heavy atom. The minimum Gasteiger partial charge on any atom is -0.496 e. The number of allylic oxidation sites excluding steroid dienone is 3. The fourth-order valence-corrected chi connectivity index (χ4v) is 5.57. The molecule has 38 heavy (non-hydrogen) atoms. The molecule has 0 saturated carbocycles. The van der Waals surface area contributed by atoms with Gasteiger partial charge in [-0.1, -0.05) is 45.7 Å². The lowest BCUT2D eigenvalue weighted by Gasteiger charge is -2.39. The standard InChI is InChI=1S/C30H25BrClN3O3/c1-37-26-14-9-18(15-19(26)17-38-27-8-3-2-5-23(27)32)28-22(16-33)30(34)35(21-12-10-20(31)11-13-21)24-6-4-7-25(36)29(24)28/h2-3,5,8-15,28H,4,6-7,17,34H2,1H3. The highest BCUT2D eigenvalue weighted by atomic mass is 79.9. The van der Waals surface area contributed by atoms with Crippen molar-refractivity contribution in [2.24, 2.45) is 5.73 Å². The molecule has 1 aliphatic carbocycles. The third-order valence-corrected chi connectivity index (χ3v) is 7.70. The Balaban J connectivity index is 1.61. The van der Waals surface area contributed by atoms with Crippen molar-refractivity contribution in [1.82, 2.24) is 0 Å². The molecule has 6 nitrogen and oxygen atoms in total. The molecule has 1 heterocycles. The van der Waals surface area contributed by atoms with E-state index in [1.54, 1.807) is 19.2 Å². The van der Waals surface area contributed by atoms with Crippen LogP contribution in [0, 0.1) is 11.3 Å². The van der Waals surface area contributed by atoms with Crippen LogP contribution in [0.3, 0.4) is 0 Å². The molecule has 5 rings (SSSR count). The predicted octanol–water partition coefficient (Wildman–Crippen LogP) is 6.99. The van der Waals surface area contributed by atoms with E-state index >= 15 is 0 Å². The maximum absolute atomic E-state index is 13.4. The lowest BCUT2D eigenvalue weighted by atomic mass is 9.75. The normalized spacial score (nSPS) is 17.3. The quantitative estimate of drug-likeness (QED) is 0.333. The molecule has 2 aliphatic rings. The number of para-hydroxylation sites is 1. The van der Waals surface area contributed by atoms with Crippen LogP contribution in [0.5, 0.6) is 11.5 Å². The minimum atomic E-state index is -0.584. The Morgan fingerprint density at radius 1 is 1.11 bits per heavy atom. The average Bonchev–Trinajstić information content (AvgIpc) is 2.93. The number of nitriles is 1. The van der Waals surface area contributed by atoms with Crippen LogP contribution in [0.15, 0.2) is 93.9 Å². The summed E-state index contributed by atoms with van der Waals surface area (Å²) < 4.78 is 12.5. The molecule has 0 spiro atoms. The van der Waals surface area contributed by atoms with Gasteiger partial charge in [0.25, 0.3) is 0 Å². The van der Waals surface area contributed by atoms with Gasteiger partial charge in [-0.15, -0.1) is 0 Å². The second kappa shape index (κ2) is 10.9. The number of halogens is 2. The molecule has 1 aliphatic heterocycles. The monoisotopic (exact) mass is 589 g/mol. The van der Waals surface area contributed by atoms with E-state index in [9.17, 15) is 10.1 Å². The highest BCUT2D eigenvalue weighted by Gasteiger charge is 2.40. The number of nitrogens with two attached hydrogens (primary N) is 1. The van der Waals surface area contributed by atoms with Gasteiger partial charge in [0.1, 0.15) is 23.9 Å². The molecule has 3 aromatic carbocycles. The molecular weight excluding hydrogens is 566 g/mol. The summed E-state index contributed by atoms with van der Waals surface area (Å²) in [6.07, 6.45) is 1.85. The van der Waals surface area contributed by atoms with Crippen LogP contribution in [0.4, 0.5) is 5.69 Å². The third-order valence-electron chi connectivity index (χ3n) is 6.86. The molecule has 0 bridgehead atoms. The second-order valence-corrected chi connectivity index (χ2v) is 10.4. The summed E-state index contributed by atoms with van der Waals surface area (Å²) >= 11 is 9.74. The highest BCUT2D eigenvalue weighted by molar-refractivity contribution is 9.10. The number of rotatable bonds is 6. The minimum absolute atomic E-state index is 0.0308. The number of hydrogen-bond acceptors (Lipinski definition) is 6. The Kier molecular flexibility index (Phi) is 7.46. The van der Waals surface area contributed by atoms with Gasteiger partial charge in [0.05, 0.1) is 29.7 Å². The number of anilines is 1. The van der Waals surface area contributed by atoms with E-state index in [4.69, 9.17) is 26.8 Å². The first-order chi connectivity index (χ1) is 18.4. The summed E-state index contributed by atoms with van der Waals surface area (Å²) in [7, 11) is 1.59. The van der Waals surface area contributed by atoms with Gasteiger partial charge < -0.3 is 15.2 Å². The Hall–Kier alpha value is -3.73. The first kappa shape index (κ1) is 25.9. The Morgan fingerprint density at radius 2 is 1.87 bits per heavy atom. The fourth-order valence-electron chi connectivity index (χ4n) is 5.11. The molecule has 0 fully saturated rings. The zero-order chi connectivity index (χ0) is 26.8. The van der Waals surface area contributed by atoms with Crippen LogP contribution in [-0.4, -0.2) is 12.9 Å². The molecule has 1 atom stereocenters. The van der Waals surface area contributed by atoms with Gasteiger partial charge in [-0.3, -0.25) is 9.69 Å². The smallest absolute Gasteiger partial charge is 0.161 e. The summed E-state index contributed by atoms with van der Waals surface area (Å²) in [5.74, 6) is 0.965. The van der Waals surface area contributed by atoms with Crippen molar-refractivity contribution in [3.05, 3.63) is 110 Å². The lowest BCUT2D eigenvalue weighted by Crippen LogP contribution is -2.38. The van der Waals surface area contributed by atoms with Crippen LogP contribution < -0.4 is 20.1 Å². The largest absolute Gasteiger partial charge is 0.496 e. The molecule has 1 unspecified atom stereocenters. The summed E-state index contributed by atoms with van der Waals surface area (Å²) in [4.78, 5) is 15.3. The topological polar surface area (TPSA) is 88.6 Å². The number of Topliss-reactive ketones (excluding diaryl/α,β-unsaturated/α-hetero) is 1. The van der Waals surface area contributed by atoms with E-state index in [1.807, 2.05) is 59.5 Å². The highest BCUT2D eigenvalue weighted by Crippen LogP contribution is 2.47.